The topological polar surface area (TPSA) is 26.0 Å². The summed E-state index contributed by atoms with van der Waals surface area (Å²) in [6, 6.07) is 5.55. The molecule has 1 aliphatic rings. The Morgan fingerprint density at radius 1 is 1.32 bits per heavy atom. The van der Waals surface area contributed by atoms with Gasteiger partial charge in [0.25, 0.3) is 0 Å². The smallest absolute Gasteiger partial charge is 0.325 e. The van der Waals surface area contributed by atoms with E-state index >= 15 is 0 Å². The number of benzene rings is 1. The van der Waals surface area contributed by atoms with Gasteiger partial charge in [-0.2, -0.15) is 13.2 Å². The largest absolute Gasteiger partial charge is 0.416 e. The number of halogens is 3. The molecule has 1 saturated carbocycles. The first-order chi connectivity index (χ1) is 8.81. The molecule has 19 heavy (non-hydrogen) atoms. The van der Waals surface area contributed by atoms with Crippen molar-refractivity contribution in [3.05, 3.63) is 35.4 Å². The van der Waals surface area contributed by atoms with Gasteiger partial charge in [0.05, 0.1) is 5.56 Å². The molecule has 2 N–H and O–H groups in total. The van der Waals surface area contributed by atoms with E-state index in [0.29, 0.717) is 17.9 Å². The molecule has 4 heteroatoms. The van der Waals surface area contributed by atoms with Gasteiger partial charge < -0.3 is 5.73 Å². The van der Waals surface area contributed by atoms with Crippen LogP contribution in [-0.2, 0) is 12.6 Å². The standard InChI is InChI=1S/C15H20F3N/c1-11-5-2-3-8-14(11,19)10-12-6-4-7-13(9-12)15(16,17)18/h4,6-7,9,11H,2-3,5,8,10,19H2,1H3. The van der Waals surface area contributed by atoms with Gasteiger partial charge in [0.2, 0.25) is 0 Å². The van der Waals surface area contributed by atoms with Crippen LogP contribution in [0.25, 0.3) is 0 Å². The lowest BCUT2D eigenvalue weighted by atomic mass is 9.71. The molecule has 1 aliphatic carbocycles. The van der Waals surface area contributed by atoms with Gasteiger partial charge in [-0.3, -0.25) is 0 Å². The molecule has 0 aromatic heterocycles. The zero-order valence-corrected chi connectivity index (χ0v) is 11.1. The van der Waals surface area contributed by atoms with Crippen molar-refractivity contribution in [2.24, 2.45) is 11.7 Å². The molecule has 0 radical (unpaired) electrons. The van der Waals surface area contributed by atoms with E-state index in [1.807, 2.05) is 0 Å². The second-order valence-corrected chi connectivity index (χ2v) is 5.75. The molecule has 0 spiro atoms. The Kier molecular flexibility index (Phi) is 3.90. The van der Waals surface area contributed by atoms with Gasteiger partial charge in [0.1, 0.15) is 0 Å². The van der Waals surface area contributed by atoms with Gasteiger partial charge in [-0.25, -0.2) is 0 Å². The molecule has 1 aromatic rings. The Morgan fingerprint density at radius 3 is 2.68 bits per heavy atom. The van der Waals surface area contributed by atoms with E-state index in [-0.39, 0.29) is 5.54 Å². The third-order valence-electron chi connectivity index (χ3n) is 4.30. The summed E-state index contributed by atoms with van der Waals surface area (Å²) in [5.74, 6) is 0.357. The van der Waals surface area contributed by atoms with Gasteiger partial charge in [-0.15, -0.1) is 0 Å². The maximum atomic E-state index is 12.7. The number of nitrogens with two attached hydrogens (primary N) is 1. The van der Waals surface area contributed by atoms with E-state index in [1.165, 1.54) is 18.6 Å². The van der Waals surface area contributed by atoms with Crippen molar-refractivity contribution in [1.82, 2.24) is 0 Å². The highest BCUT2D eigenvalue weighted by Crippen LogP contribution is 2.35. The first-order valence-electron chi connectivity index (χ1n) is 6.76. The highest BCUT2D eigenvalue weighted by atomic mass is 19.4. The molecule has 2 unspecified atom stereocenters. The molecular weight excluding hydrogens is 251 g/mol. The van der Waals surface area contributed by atoms with E-state index in [2.05, 4.69) is 6.92 Å². The first-order valence-corrected chi connectivity index (χ1v) is 6.76. The average molecular weight is 271 g/mol. The Morgan fingerprint density at radius 2 is 2.05 bits per heavy atom. The molecule has 0 heterocycles. The van der Waals surface area contributed by atoms with E-state index in [4.69, 9.17) is 5.73 Å². The lowest BCUT2D eigenvalue weighted by Gasteiger charge is -2.39. The van der Waals surface area contributed by atoms with Crippen LogP contribution in [0.4, 0.5) is 13.2 Å². The molecule has 0 saturated heterocycles. The predicted molar refractivity (Wildman–Crippen MR) is 69.7 cm³/mol. The van der Waals surface area contributed by atoms with Gasteiger partial charge in [-0.1, -0.05) is 38.0 Å². The summed E-state index contributed by atoms with van der Waals surface area (Å²) in [5.41, 5.74) is 6.15. The summed E-state index contributed by atoms with van der Waals surface area (Å²) in [5, 5.41) is 0. The molecule has 2 atom stereocenters. The molecular formula is C15H20F3N. The first kappa shape index (κ1) is 14.4. The summed E-state index contributed by atoms with van der Waals surface area (Å²) in [6.45, 7) is 2.10. The summed E-state index contributed by atoms with van der Waals surface area (Å²) < 4.78 is 38.1. The SMILES string of the molecule is CC1CCCCC1(N)Cc1cccc(C(F)(F)F)c1. The molecule has 1 aromatic carbocycles. The lowest BCUT2D eigenvalue weighted by Crippen LogP contribution is -2.49. The van der Waals surface area contributed by atoms with Crippen LogP contribution in [-0.4, -0.2) is 5.54 Å². The lowest BCUT2D eigenvalue weighted by molar-refractivity contribution is -0.137. The molecule has 0 amide bonds. The number of alkyl halides is 3. The molecule has 1 nitrogen and oxygen atoms in total. The monoisotopic (exact) mass is 271 g/mol. The highest BCUT2D eigenvalue weighted by molar-refractivity contribution is 5.27. The van der Waals surface area contributed by atoms with Crippen molar-refractivity contribution in [1.29, 1.82) is 0 Å². The Hall–Kier alpha value is -1.03. The van der Waals surface area contributed by atoms with Crippen molar-refractivity contribution in [3.8, 4) is 0 Å². The highest BCUT2D eigenvalue weighted by Gasteiger charge is 2.35. The minimum atomic E-state index is -4.28. The molecule has 1 fully saturated rings. The van der Waals surface area contributed by atoms with Crippen LogP contribution in [0.2, 0.25) is 0 Å². The average Bonchev–Trinajstić information content (AvgIpc) is 2.32. The summed E-state index contributed by atoms with van der Waals surface area (Å²) >= 11 is 0. The van der Waals surface area contributed by atoms with Crippen molar-refractivity contribution in [3.63, 3.8) is 0 Å². The normalized spacial score (nSPS) is 28.4. The van der Waals surface area contributed by atoms with Crippen molar-refractivity contribution in [2.75, 3.05) is 0 Å². The van der Waals surface area contributed by atoms with E-state index in [0.717, 1.165) is 25.3 Å². The number of hydrogen-bond donors (Lipinski definition) is 1. The van der Waals surface area contributed by atoms with Crippen LogP contribution < -0.4 is 5.73 Å². The molecule has 0 aliphatic heterocycles. The van der Waals surface area contributed by atoms with E-state index in [9.17, 15) is 13.2 Å². The maximum absolute atomic E-state index is 12.7. The van der Waals surface area contributed by atoms with Crippen LogP contribution in [0.15, 0.2) is 24.3 Å². The quantitative estimate of drug-likeness (QED) is 0.859. The minimum Gasteiger partial charge on any atom is -0.325 e. The zero-order chi connectivity index (χ0) is 14.1. The van der Waals surface area contributed by atoms with Crippen LogP contribution in [0.5, 0.6) is 0 Å². The molecule has 0 bridgehead atoms. The Bertz CT molecular complexity index is 441. The summed E-state index contributed by atoms with van der Waals surface area (Å²) in [6.07, 6.45) is 0.441. The van der Waals surface area contributed by atoms with Gasteiger partial charge in [-0.05, 0) is 36.8 Å². The van der Waals surface area contributed by atoms with Crippen LogP contribution in [0.1, 0.15) is 43.7 Å². The van der Waals surface area contributed by atoms with Gasteiger partial charge in [0.15, 0.2) is 0 Å². The minimum absolute atomic E-state index is 0.357. The summed E-state index contributed by atoms with van der Waals surface area (Å²) in [7, 11) is 0. The van der Waals surface area contributed by atoms with Crippen LogP contribution in [0, 0.1) is 5.92 Å². The van der Waals surface area contributed by atoms with Crippen LogP contribution >= 0.6 is 0 Å². The fraction of sp³-hybridized carbons (Fsp3) is 0.600. The maximum Gasteiger partial charge on any atom is 0.416 e. The predicted octanol–water partition coefficient (Wildman–Crippen LogP) is 4.16. The second-order valence-electron chi connectivity index (χ2n) is 5.75. The number of hydrogen-bond acceptors (Lipinski definition) is 1. The van der Waals surface area contributed by atoms with E-state index < -0.39 is 11.7 Å². The molecule has 106 valence electrons. The van der Waals surface area contributed by atoms with Crippen molar-refractivity contribution < 1.29 is 13.2 Å². The zero-order valence-electron chi connectivity index (χ0n) is 11.1. The van der Waals surface area contributed by atoms with Gasteiger partial charge in [0, 0.05) is 5.54 Å². The van der Waals surface area contributed by atoms with E-state index in [1.54, 1.807) is 6.07 Å². The fourth-order valence-corrected chi connectivity index (χ4v) is 2.94. The second kappa shape index (κ2) is 5.16. The van der Waals surface area contributed by atoms with Crippen molar-refractivity contribution in [2.45, 2.75) is 50.7 Å². The van der Waals surface area contributed by atoms with Crippen LogP contribution in [0.3, 0.4) is 0 Å². The van der Waals surface area contributed by atoms with Crippen molar-refractivity contribution >= 4 is 0 Å². The summed E-state index contributed by atoms with van der Waals surface area (Å²) in [4.78, 5) is 0. The number of rotatable bonds is 2. The fourth-order valence-electron chi connectivity index (χ4n) is 2.94. The Labute approximate surface area is 112 Å². The molecule has 2 rings (SSSR count). The third kappa shape index (κ3) is 3.30. The Balaban J connectivity index is 2.19. The third-order valence-corrected chi connectivity index (χ3v) is 4.30. The van der Waals surface area contributed by atoms with Gasteiger partial charge >= 0.3 is 6.18 Å².